The first-order valence-electron chi connectivity index (χ1n) is 5.34. The lowest BCUT2D eigenvalue weighted by Gasteiger charge is -2.40. The number of aliphatic hydroxyl groups is 1. The lowest BCUT2D eigenvalue weighted by molar-refractivity contribution is -0.385. The maximum Gasteiger partial charge on any atom is 0.287 e. The molecular formula is C11H13BrN2O4. The second-order valence-electron chi connectivity index (χ2n) is 4.77. The largest absolute Gasteiger partial charge is 0.484 e. The van der Waals surface area contributed by atoms with Gasteiger partial charge in [0.05, 0.1) is 21.5 Å². The van der Waals surface area contributed by atoms with E-state index in [-0.39, 0.29) is 5.69 Å². The lowest BCUT2D eigenvalue weighted by atomic mass is 9.87. The van der Waals surface area contributed by atoms with Crippen LogP contribution in [0.25, 0.3) is 0 Å². The number of nitro benzene ring substituents is 1. The van der Waals surface area contributed by atoms with Crippen LogP contribution in [0.3, 0.4) is 0 Å². The average Bonchev–Trinajstić information content (AvgIpc) is 2.26. The average molecular weight is 317 g/mol. The number of nitro groups is 1. The molecule has 7 heteroatoms. The Bertz CT molecular complexity index is 518. The predicted octanol–water partition coefficient (Wildman–Crippen LogP) is 1.89. The van der Waals surface area contributed by atoms with Gasteiger partial charge in [-0.05, 0) is 35.8 Å². The van der Waals surface area contributed by atoms with E-state index < -0.39 is 22.7 Å². The van der Waals surface area contributed by atoms with Gasteiger partial charge in [0.15, 0.2) is 0 Å². The molecule has 0 radical (unpaired) electrons. The molecule has 0 fully saturated rings. The monoisotopic (exact) mass is 316 g/mol. The number of benzene rings is 1. The molecule has 1 aromatic carbocycles. The minimum atomic E-state index is -0.881. The van der Waals surface area contributed by atoms with Crippen molar-refractivity contribution in [2.24, 2.45) is 5.73 Å². The summed E-state index contributed by atoms with van der Waals surface area (Å²) in [4.78, 5) is 10.4. The van der Waals surface area contributed by atoms with E-state index in [0.717, 1.165) is 0 Å². The van der Waals surface area contributed by atoms with Crippen LogP contribution in [0, 0.1) is 10.1 Å². The Morgan fingerprint density at radius 1 is 1.56 bits per heavy atom. The molecule has 0 saturated carbocycles. The van der Waals surface area contributed by atoms with Gasteiger partial charge in [0.1, 0.15) is 17.5 Å². The summed E-state index contributed by atoms with van der Waals surface area (Å²) in [5.41, 5.74) is 5.52. The number of hydrogen-bond donors (Lipinski definition) is 2. The fourth-order valence-electron chi connectivity index (χ4n) is 1.99. The molecule has 1 aliphatic rings. The Morgan fingerprint density at radius 3 is 2.72 bits per heavy atom. The number of fused-ring (bicyclic) bond motifs is 1. The van der Waals surface area contributed by atoms with Crippen molar-refractivity contribution in [3.63, 3.8) is 0 Å². The van der Waals surface area contributed by atoms with Gasteiger partial charge < -0.3 is 15.6 Å². The zero-order valence-corrected chi connectivity index (χ0v) is 11.5. The van der Waals surface area contributed by atoms with Crippen molar-refractivity contribution in [3.05, 3.63) is 32.3 Å². The summed E-state index contributed by atoms with van der Waals surface area (Å²) >= 11 is 3.12. The zero-order chi connectivity index (χ0) is 13.7. The van der Waals surface area contributed by atoms with Crippen LogP contribution in [0.4, 0.5) is 5.69 Å². The second-order valence-corrected chi connectivity index (χ2v) is 5.63. The topological polar surface area (TPSA) is 98.6 Å². The Morgan fingerprint density at radius 2 is 2.17 bits per heavy atom. The summed E-state index contributed by atoms with van der Waals surface area (Å²) < 4.78 is 5.91. The van der Waals surface area contributed by atoms with Crippen LogP contribution in [0.15, 0.2) is 16.6 Å². The van der Waals surface area contributed by atoms with E-state index in [1.54, 1.807) is 13.8 Å². The number of nitrogens with two attached hydrogens (primary N) is 1. The van der Waals surface area contributed by atoms with Crippen LogP contribution in [0.2, 0.25) is 0 Å². The minimum absolute atomic E-state index is 0.0897. The van der Waals surface area contributed by atoms with Gasteiger partial charge in [-0.25, -0.2) is 0 Å². The van der Waals surface area contributed by atoms with E-state index in [1.165, 1.54) is 12.1 Å². The van der Waals surface area contributed by atoms with Gasteiger partial charge >= 0.3 is 0 Å². The van der Waals surface area contributed by atoms with Crippen LogP contribution in [0.1, 0.15) is 25.5 Å². The quantitative estimate of drug-likeness (QED) is 0.609. The number of halogens is 1. The zero-order valence-electron chi connectivity index (χ0n) is 9.88. The molecule has 2 atom stereocenters. The summed E-state index contributed by atoms with van der Waals surface area (Å²) in [6.45, 7) is 3.38. The van der Waals surface area contributed by atoms with Crippen molar-refractivity contribution in [1.29, 1.82) is 0 Å². The molecule has 98 valence electrons. The molecule has 0 saturated heterocycles. The van der Waals surface area contributed by atoms with E-state index in [0.29, 0.717) is 15.8 Å². The van der Waals surface area contributed by atoms with Gasteiger partial charge in [-0.15, -0.1) is 0 Å². The highest BCUT2D eigenvalue weighted by Gasteiger charge is 2.42. The molecule has 1 aliphatic heterocycles. The number of ether oxygens (including phenoxy) is 1. The minimum Gasteiger partial charge on any atom is -0.484 e. The molecule has 0 unspecified atom stereocenters. The Kier molecular flexibility index (Phi) is 3.08. The molecule has 0 bridgehead atoms. The highest BCUT2D eigenvalue weighted by molar-refractivity contribution is 9.10. The molecule has 0 spiro atoms. The first-order valence-corrected chi connectivity index (χ1v) is 6.14. The summed E-state index contributed by atoms with van der Waals surface area (Å²) in [6.07, 6.45) is -0.877. The summed E-state index contributed by atoms with van der Waals surface area (Å²) in [6, 6.07) is 2.21. The number of nitrogens with zero attached hydrogens (tertiary/aromatic N) is 1. The van der Waals surface area contributed by atoms with Crippen LogP contribution < -0.4 is 10.5 Å². The van der Waals surface area contributed by atoms with E-state index in [9.17, 15) is 15.2 Å². The van der Waals surface area contributed by atoms with Crippen molar-refractivity contribution in [2.75, 3.05) is 0 Å². The highest BCUT2D eigenvalue weighted by Crippen LogP contribution is 2.42. The lowest BCUT2D eigenvalue weighted by Crippen LogP contribution is -2.51. The maximum atomic E-state index is 10.9. The van der Waals surface area contributed by atoms with Gasteiger partial charge in [-0.2, -0.15) is 0 Å². The van der Waals surface area contributed by atoms with Gasteiger partial charge in [-0.3, -0.25) is 10.1 Å². The Hall–Kier alpha value is -1.18. The molecule has 0 aromatic heterocycles. The Labute approximate surface area is 112 Å². The van der Waals surface area contributed by atoms with Gasteiger partial charge in [0.25, 0.3) is 5.69 Å². The number of rotatable bonds is 1. The molecule has 2 rings (SSSR count). The van der Waals surface area contributed by atoms with Crippen molar-refractivity contribution >= 4 is 21.6 Å². The smallest absolute Gasteiger partial charge is 0.287 e. The predicted molar refractivity (Wildman–Crippen MR) is 68.4 cm³/mol. The van der Waals surface area contributed by atoms with Gasteiger partial charge in [-0.1, -0.05) is 0 Å². The summed E-state index contributed by atoms with van der Waals surface area (Å²) in [5, 5.41) is 20.9. The number of aliphatic hydroxyl groups excluding tert-OH is 1. The van der Waals surface area contributed by atoms with E-state index >= 15 is 0 Å². The standard InChI is InChI=1S/C11H13BrN2O4/c1-11(2)10(15)9(13)5-3-6(12)7(14(16)17)4-8(5)18-11/h3-4,9-10,15H,13H2,1-2H3/t9-,10+/m1/s1. The van der Waals surface area contributed by atoms with E-state index in [2.05, 4.69) is 15.9 Å². The normalized spacial score (nSPS) is 25.2. The third-order valence-corrected chi connectivity index (χ3v) is 3.70. The Balaban J connectivity index is 2.58. The highest BCUT2D eigenvalue weighted by atomic mass is 79.9. The third kappa shape index (κ3) is 1.98. The van der Waals surface area contributed by atoms with Crippen LogP contribution in [-0.4, -0.2) is 21.7 Å². The first kappa shape index (κ1) is 13.3. The van der Waals surface area contributed by atoms with Crippen LogP contribution in [-0.2, 0) is 0 Å². The van der Waals surface area contributed by atoms with E-state index in [4.69, 9.17) is 10.5 Å². The van der Waals surface area contributed by atoms with Crippen molar-refractivity contribution in [1.82, 2.24) is 0 Å². The molecular weight excluding hydrogens is 304 g/mol. The van der Waals surface area contributed by atoms with E-state index in [1.807, 2.05) is 0 Å². The fraction of sp³-hybridized carbons (Fsp3) is 0.455. The van der Waals surface area contributed by atoms with Gasteiger partial charge in [0, 0.05) is 5.56 Å². The van der Waals surface area contributed by atoms with Crippen molar-refractivity contribution in [3.8, 4) is 5.75 Å². The number of hydrogen-bond acceptors (Lipinski definition) is 5. The molecule has 1 heterocycles. The second kappa shape index (κ2) is 4.18. The molecule has 0 amide bonds. The molecule has 0 aliphatic carbocycles. The molecule has 6 nitrogen and oxygen atoms in total. The SMILES string of the molecule is CC1(C)Oc2cc([N+](=O)[O-])c(Br)cc2[C@@H](N)[C@@H]1O. The van der Waals surface area contributed by atoms with Crippen LogP contribution in [0.5, 0.6) is 5.75 Å². The molecule has 18 heavy (non-hydrogen) atoms. The summed E-state index contributed by atoms with van der Waals surface area (Å²) in [7, 11) is 0. The van der Waals surface area contributed by atoms with Crippen LogP contribution >= 0.6 is 15.9 Å². The van der Waals surface area contributed by atoms with Crippen molar-refractivity contribution in [2.45, 2.75) is 31.6 Å². The third-order valence-electron chi connectivity index (χ3n) is 3.06. The maximum absolute atomic E-state index is 10.9. The molecule has 1 aromatic rings. The summed E-state index contributed by atoms with van der Waals surface area (Å²) in [5.74, 6) is 0.340. The van der Waals surface area contributed by atoms with Crippen molar-refractivity contribution < 1.29 is 14.8 Å². The first-order chi connectivity index (χ1) is 8.24. The van der Waals surface area contributed by atoms with Gasteiger partial charge in [0.2, 0.25) is 0 Å². The fourth-order valence-corrected chi connectivity index (χ4v) is 2.50. The molecule has 3 N–H and O–H groups in total.